The van der Waals surface area contributed by atoms with Crippen molar-refractivity contribution in [1.82, 2.24) is 4.31 Å². The van der Waals surface area contributed by atoms with Crippen molar-refractivity contribution < 1.29 is 22.5 Å². The normalized spacial score (nSPS) is 18.1. The number of rotatable bonds is 3. The van der Waals surface area contributed by atoms with Gasteiger partial charge in [0.25, 0.3) is 0 Å². The summed E-state index contributed by atoms with van der Waals surface area (Å²) in [6, 6.07) is 3.79. The highest BCUT2D eigenvalue weighted by Crippen LogP contribution is 2.27. The average molecular weight is 382 g/mol. The fourth-order valence-corrected chi connectivity index (χ4v) is 5.61. The summed E-state index contributed by atoms with van der Waals surface area (Å²) in [7, 11) is -4.66. The Morgan fingerprint density at radius 2 is 1.90 bits per heavy atom. The third-order valence-corrected chi connectivity index (χ3v) is 7.08. The molecule has 0 bridgehead atoms. The molecule has 1 aromatic carbocycles. The molecule has 0 aliphatic carbocycles. The summed E-state index contributed by atoms with van der Waals surface area (Å²) in [5.74, 6) is -0.475. The molecule has 1 saturated heterocycles. The van der Waals surface area contributed by atoms with Gasteiger partial charge in [-0.3, -0.25) is 4.21 Å². The smallest absolute Gasteiger partial charge is 0.335 e. The maximum Gasteiger partial charge on any atom is 0.335 e. The SMILES string of the molecule is O=C(O)c1ccc(S(=O)(=O)N2CCS(=O)CC2)c(Br)c1. The van der Waals surface area contributed by atoms with Gasteiger partial charge in [0.2, 0.25) is 10.0 Å². The largest absolute Gasteiger partial charge is 0.478 e. The second kappa shape index (κ2) is 5.92. The molecule has 2 rings (SSSR count). The van der Waals surface area contributed by atoms with E-state index in [0.717, 1.165) is 0 Å². The van der Waals surface area contributed by atoms with E-state index < -0.39 is 26.8 Å². The third kappa shape index (κ3) is 3.11. The lowest BCUT2D eigenvalue weighted by molar-refractivity contribution is 0.0696. The van der Waals surface area contributed by atoms with Crippen LogP contribution in [0.15, 0.2) is 27.6 Å². The number of aromatic carboxylic acids is 1. The summed E-state index contributed by atoms with van der Waals surface area (Å²) in [6.07, 6.45) is 0. The van der Waals surface area contributed by atoms with Crippen LogP contribution in [0.3, 0.4) is 0 Å². The summed E-state index contributed by atoms with van der Waals surface area (Å²) in [5, 5.41) is 8.87. The highest BCUT2D eigenvalue weighted by Gasteiger charge is 2.29. The van der Waals surface area contributed by atoms with E-state index >= 15 is 0 Å². The van der Waals surface area contributed by atoms with E-state index in [0.29, 0.717) is 11.5 Å². The number of benzene rings is 1. The number of halogens is 1. The Morgan fingerprint density at radius 1 is 1.30 bits per heavy atom. The van der Waals surface area contributed by atoms with E-state index in [-0.39, 0.29) is 28.0 Å². The van der Waals surface area contributed by atoms with Crippen LogP contribution in [-0.2, 0) is 20.8 Å². The van der Waals surface area contributed by atoms with Crippen LogP contribution in [0.2, 0.25) is 0 Å². The Morgan fingerprint density at radius 3 is 2.40 bits per heavy atom. The van der Waals surface area contributed by atoms with E-state index in [9.17, 15) is 17.4 Å². The van der Waals surface area contributed by atoms with Gasteiger partial charge in [-0.25, -0.2) is 13.2 Å². The van der Waals surface area contributed by atoms with Gasteiger partial charge >= 0.3 is 5.97 Å². The molecular weight excluding hydrogens is 370 g/mol. The van der Waals surface area contributed by atoms with Crippen molar-refractivity contribution in [1.29, 1.82) is 0 Å². The molecule has 1 fully saturated rings. The van der Waals surface area contributed by atoms with Gasteiger partial charge < -0.3 is 5.11 Å². The van der Waals surface area contributed by atoms with Crippen molar-refractivity contribution in [2.24, 2.45) is 0 Å². The van der Waals surface area contributed by atoms with Crippen molar-refractivity contribution in [3.8, 4) is 0 Å². The second-order valence-electron chi connectivity index (χ2n) is 4.20. The van der Waals surface area contributed by atoms with Gasteiger partial charge in [0.05, 0.1) is 10.5 Å². The maximum atomic E-state index is 12.4. The highest BCUT2D eigenvalue weighted by atomic mass is 79.9. The van der Waals surface area contributed by atoms with Crippen molar-refractivity contribution in [2.45, 2.75) is 4.90 Å². The summed E-state index contributed by atoms with van der Waals surface area (Å²) >= 11 is 3.10. The maximum absolute atomic E-state index is 12.4. The highest BCUT2D eigenvalue weighted by molar-refractivity contribution is 9.10. The van der Waals surface area contributed by atoms with Crippen molar-refractivity contribution in [3.05, 3.63) is 28.2 Å². The van der Waals surface area contributed by atoms with Gasteiger partial charge in [-0.1, -0.05) is 0 Å². The first kappa shape index (κ1) is 15.6. The monoisotopic (exact) mass is 381 g/mol. The van der Waals surface area contributed by atoms with Gasteiger partial charge in [-0.2, -0.15) is 4.31 Å². The lowest BCUT2D eigenvalue weighted by atomic mass is 10.2. The number of carbonyl (C=O) groups is 1. The second-order valence-corrected chi connectivity index (χ2v) is 8.66. The molecule has 9 heteroatoms. The molecule has 6 nitrogen and oxygen atoms in total. The van der Waals surface area contributed by atoms with Crippen molar-refractivity contribution >= 4 is 42.7 Å². The number of hydrogen-bond acceptors (Lipinski definition) is 4. The van der Waals surface area contributed by atoms with Crippen LogP contribution < -0.4 is 0 Å². The van der Waals surface area contributed by atoms with E-state index in [1.165, 1.54) is 22.5 Å². The van der Waals surface area contributed by atoms with Gasteiger partial charge in [0.1, 0.15) is 0 Å². The Kier molecular flexibility index (Phi) is 4.62. The van der Waals surface area contributed by atoms with E-state index in [2.05, 4.69) is 15.9 Å². The fourth-order valence-electron chi connectivity index (χ4n) is 1.84. The number of carboxylic acids is 1. The molecule has 1 heterocycles. The molecule has 0 spiro atoms. The number of carboxylic acid groups (broad SMARTS) is 1. The average Bonchev–Trinajstić information content (AvgIpc) is 2.38. The number of hydrogen-bond donors (Lipinski definition) is 1. The quantitative estimate of drug-likeness (QED) is 0.839. The van der Waals surface area contributed by atoms with Gasteiger partial charge in [-0.05, 0) is 34.1 Å². The topological polar surface area (TPSA) is 91.8 Å². The summed E-state index contributed by atoms with van der Waals surface area (Å²) < 4.78 is 37.6. The molecular formula is C11H12BrNO5S2. The zero-order chi connectivity index (χ0) is 14.9. The first-order valence-corrected chi connectivity index (χ1v) is 9.42. The van der Waals surface area contributed by atoms with E-state index in [4.69, 9.17) is 5.11 Å². The Bertz CT molecular complexity index is 663. The van der Waals surface area contributed by atoms with Crippen LogP contribution in [0.4, 0.5) is 0 Å². The fraction of sp³-hybridized carbons (Fsp3) is 0.364. The Labute approximate surface area is 127 Å². The summed E-state index contributed by atoms with van der Waals surface area (Å²) in [5.41, 5.74) is 0.00979. The molecule has 1 aromatic rings. The van der Waals surface area contributed by atoms with Crippen LogP contribution in [0.25, 0.3) is 0 Å². The molecule has 0 radical (unpaired) electrons. The zero-order valence-corrected chi connectivity index (χ0v) is 13.5. The standard InChI is InChI=1S/C11H12BrNO5S2/c12-9-7-8(11(14)15)1-2-10(9)20(17,18)13-3-5-19(16)6-4-13/h1-2,7H,3-6H2,(H,14,15). The van der Waals surface area contributed by atoms with Crippen LogP contribution in [0, 0.1) is 0 Å². The Balaban J connectivity index is 2.35. The van der Waals surface area contributed by atoms with Crippen LogP contribution >= 0.6 is 15.9 Å². The molecule has 0 atom stereocenters. The number of sulfonamides is 1. The Hall–Kier alpha value is -0.770. The molecule has 20 heavy (non-hydrogen) atoms. The molecule has 1 aliphatic heterocycles. The molecule has 0 aromatic heterocycles. The molecule has 0 saturated carbocycles. The third-order valence-electron chi connectivity index (χ3n) is 2.93. The minimum absolute atomic E-state index is 0.00979. The predicted octanol–water partition coefficient (Wildman–Crippen LogP) is 0.900. The van der Waals surface area contributed by atoms with E-state index in [1.807, 2.05) is 0 Å². The van der Waals surface area contributed by atoms with Crippen LogP contribution in [-0.4, -0.2) is 52.6 Å². The van der Waals surface area contributed by atoms with Crippen molar-refractivity contribution in [3.63, 3.8) is 0 Å². The molecule has 0 unspecified atom stereocenters. The number of nitrogens with zero attached hydrogens (tertiary/aromatic N) is 1. The lowest BCUT2D eigenvalue weighted by Gasteiger charge is -2.26. The van der Waals surface area contributed by atoms with Crippen LogP contribution in [0.1, 0.15) is 10.4 Å². The predicted molar refractivity (Wildman–Crippen MR) is 77.7 cm³/mol. The first-order chi connectivity index (χ1) is 9.32. The molecule has 110 valence electrons. The van der Waals surface area contributed by atoms with E-state index in [1.54, 1.807) is 0 Å². The first-order valence-electron chi connectivity index (χ1n) is 5.70. The molecule has 1 N–H and O–H groups in total. The van der Waals surface area contributed by atoms with Gasteiger partial charge in [-0.15, -0.1) is 0 Å². The zero-order valence-electron chi connectivity index (χ0n) is 10.3. The lowest BCUT2D eigenvalue weighted by Crippen LogP contribution is -2.41. The molecule has 0 amide bonds. The van der Waals surface area contributed by atoms with Gasteiger partial charge in [0.15, 0.2) is 0 Å². The summed E-state index contributed by atoms with van der Waals surface area (Å²) in [6.45, 7) is 0.421. The summed E-state index contributed by atoms with van der Waals surface area (Å²) in [4.78, 5) is 10.9. The van der Waals surface area contributed by atoms with Crippen molar-refractivity contribution in [2.75, 3.05) is 24.6 Å². The minimum Gasteiger partial charge on any atom is -0.478 e. The van der Waals surface area contributed by atoms with Crippen LogP contribution in [0.5, 0.6) is 0 Å². The minimum atomic E-state index is -3.70. The molecule has 1 aliphatic rings. The van der Waals surface area contributed by atoms with Gasteiger partial charge in [0, 0.05) is 39.9 Å².